The fourth-order valence-electron chi connectivity index (χ4n) is 3.46. The van der Waals surface area contributed by atoms with Gasteiger partial charge in [-0.1, -0.05) is 0 Å². The van der Waals surface area contributed by atoms with E-state index in [9.17, 15) is 14.4 Å². The van der Waals surface area contributed by atoms with Gasteiger partial charge in [-0.25, -0.2) is 0 Å². The molecule has 0 heterocycles. The van der Waals surface area contributed by atoms with Crippen molar-refractivity contribution in [1.82, 2.24) is 0 Å². The fourth-order valence-corrected chi connectivity index (χ4v) is 3.46. The first kappa shape index (κ1) is 17.8. The zero-order chi connectivity index (χ0) is 18.8. The van der Waals surface area contributed by atoms with Gasteiger partial charge in [-0.2, -0.15) is 0 Å². The lowest BCUT2D eigenvalue weighted by Crippen LogP contribution is -2.10. The van der Waals surface area contributed by atoms with E-state index in [1.165, 1.54) is 20.3 Å². The molecule has 134 valence electrons. The van der Waals surface area contributed by atoms with Gasteiger partial charge in [0.2, 0.25) is 5.43 Å². The molecule has 0 bridgehead atoms. The smallest absolute Gasteiger partial charge is 0.220 e. The second kappa shape index (κ2) is 7.09. The van der Waals surface area contributed by atoms with Crippen molar-refractivity contribution in [2.45, 2.75) is 18.9 Å². The number of carbonyl (C=O) groups is 2. The first-order valence-electron chi connectivity index (χ1n) is 8.18. The predicted molar refractivity (Wildman–Crippen MR) is 97.3 cm³/mol. The molecule has 1 aliphatic carbocycles. The van der Waals surface area contributed by atoms with Crippen LogP contribution in [0.3, 0.4) is 0 Å². The Hall–Kier alpha value is -2.99. The molecule has 0 aromatic heterocycles. The van der Waals surface area contributed by atoms with Gasteiger partial charge >= 0.3 is 0 Å². The SMILES string of the molecule is COc1c(C=O)c(C=O)cc2c1-c1ccc(=O)c(OC)cc1C(N)CC2. The maximum absolute atomic E-state index is 12.2. The third-order valence-corrected chi connectivity index (χ3v) is 4.74. The summed E-state index contributed by atoms with van der Waals surface area (Å²) in [6.07, 6.45) is 2.47. The van der Waals surface area contributed by atoms with Crippen molar-refractivity contribution in [2.24, 2.45) is 5.73 Å². The Morgan fingerprint density at radius 3 is 2.50 bits per heavy atom. The van der Waals surface area contributed by atoms with Crippen molar-refractivity contribution in [3.8, 4) is 22.6 Å². The first-order chi connectivity index (χ1) is 12.5. The van der Waals surface area contributed by atoms with Gasteiger partial charge in [-0.3, -0.25) is 14.4 Å². The quantitative estimate of drug-likeness (QED) is 0.848. The summed E-state index contributed by atoms with van der Waals surface area (Å²) in [5, 5.41) is 0. The number of rotatable bonds is 4. The highest BCUT2D eigenvalue weighted by molar-refractivity contribution is 5.98. The summed E-state index contributed by atoms with van der Waals surface area (Å²) >= 11 is 0. The van der Waals surface area contributed by atoms with Crippen LogP contribution in [0, 0.1) is 0 Å². The largest absolute Gasteiger partial charge is 0.495 e. The highest BCUT2D eigenvalue weighted by Crippen LogP contribution is 2.43. The molecular weight excluding hydrogens is 334 g/mol. The molecule has 0 fully saturated rings. The average Bonchev–Trinajstić information content (AvgIpc) is 2.90. The van der Waals surface area contributed by atoms with Crippen LogP contribution in [0.2, 0.25) is 0 Å². The molecule has 1 atom stereocenters. The Bertz CT molecular complexity index is 952. The molecule has 3 rings (SSSR count). The van der Waals surface area contributed by atoms with Gasteiger partial charge in [-0.15, -0.1) is 0 Å². The molecule has 1 unspecified atom stereocenters. The van der Waals surface area contributed by atoms with E-state index in [1.54, 1.807) is 18.2 Å². The number of aldehydes is 2. The molecule has 26 heavy (non-hydrogen) atoms. The van der Waals surface area contributed by atoms with Crippen LogP contribution in [0.25, 0.3) is 11.1 Å². The molecule has 0 saturated carbocycles. The fraction of sp³-hybridized carbons (Fsp3) is 0.250. The van der Waals surface area contributed by atoms with Gasteiger partial charge in [0.05, 0.1) is 19.8 Å². The number of benzene rings is 1. The molecule has 6 nitrogen and oxygen atoms in total. The van der Waals surface area contributed by atoms with Gasteiger partial charge in [0.1, 0.15) is 5.75 Å². The van der Waals surface area contributed by atoms with Crippen LogP contribution >= 0.6 is 0 Å². The van der Waals surface area contributed by atoms with Crippen LogP contribution in [0.1, 0.15) is 44.3 Å². The molecular formula is C20H19NO5. The third kappa shape index (κ3) is 2.78. The summed E-state index contributed by atoms with van der Waals surface area (Å²) in [6.45, 7) is 0. The van der Waals surface area contributed by atoms with Crippen LogP contribution in [0.5, 0.6) is 11.5 Å². The van der Waals surface area contributed by atoms with Crippen molar-refractivity contribution in [1.29, 1.82) is 0 Å². The van der Waals surface area contributed by atoms with Crippen molar-refractivity contribution in [2.75, 3.05) is 14.2 Å². The number of ether oxygens (including phenoxy) is 2. The van der Waals surface area contributed by atoms with E-state index in [-0.39, 0.29) is 28.3 Å². The van der Waals surface area contributed by atoms with Gasteiger partial charge in [0.25, 0.3) is 0 Å². The van der Waals surface area contributed by atoms with Crippen LogP contribution < -0.4 is 20.6 Å². The summed E-state index contributed by atoms with van der Waals surface area (Å²) in [5.41, 5.74) is 9.50. The van der Waals surface area contributed by atoms with Crippen LogP contribution in [0.4, 0.5) is 0 Å². The highest BCUT2D eigenvalue weighted by atomic mass is 16.5. The first-order valence-corrected chi connectivity index (χ1v) is 8.18. The maximum atomic E-state index is 12.2. The van der Waals surface area contributed by atoms with Crippen LogP contribution in [0.15, 0.2) is 29.1 Å². The molecule has 2 aromatic carbocycles. The van der Waals surface area contributed by atoms with Crippen LogP contribution in [-0.4, -0.2) is 26.8 Å². The summed E-state index contributed by atoms with van der Waals surface area (Å²) in [6, 6.07) is 6.08. The number of fused-ring (bicyclic) bond motifs is 3. The standard InChI is InChI=1S/C20H19NO5/c1-25-18-8-14-13(4-6-17(18)24)19-11(3-5-16(14)21)7-12(9-22)15(10-23)20(19)26-2/h4,6-10,16H,3,5,21H2,1-2H3. The van der Waals surface area contributed by atoms with Crippen molar-refractivity contribution >= 4 is 12.6 Å². The Morgan fingerprint density at radius 2 is 1.88 bits per heavy atom. The van der Waals surface area contributed by atoms with Gasteiger partial charge in [-0.05, 0) is 53.8 Å². The number of nitrogens with two attached hydrogens (primary N) is 1. The van der Waals surface area contributed by atoms with E-state index in [0.717, 1.165) is 11.1 Å². The van der Waals surface area contributed by atoms with Crippen molar-refractivity contribution in [3.63, 3.8) is 0 Å². The topological polar surface area (TPSA) is 95.7 Å². The number of methoxy groups -OCH3 is 2. The lowest BCUT2D eigenvalue weighted by Gasteiger charge is -2.17. The second-order valence-electron chi connectivity index (χ2n) is 6.11. The molecule has 2 aromatic rings. The highest BCUT2D eigenvalue weighted by Gasteiger charge is 2.26. The monoisotopic (exact) mass is 353 g/mol. The van der Waals surface area contributed by atoms with E-state index >= 15 is 0 Å². The third-order valence-electron chi connectivity index (χ3n) is 4.74. The number of hydrogen-bond donors (Lipinski definition) is 1. The minimum absolute atomic E-state index is 0.184. The molecule has 2 N–H and O–H groups in total. The minimum atomic E-state index is -0.331. The molecule has 1 aliphatic rings. The Balaban J connectivity index is 2.47. The predicted octanol–water partition coefficient (Wildman–Crippen LogP) is 2.30. The van der Waals surface area contributed by atoms with Gasteiger partial charge in [0, 0.05) is 17.2 Å². The summed E-state index contributed by atoms with van der Waals surface area (Å²) in [4.78, 5) is 35.2. The second-order valence-corrected chi connectivity index (χ2v) is 6.11. The summed E-state index contributed by atoms with van der Waals surface area (Å²) < 4.78 is 10.7. The van der Waals surface area contributed by atoms with E-state index in [2.05, 4.69) is 0 Å². The van der Waals surface area contributed by atoms with Gasteiger partial charge in [0.15, 0.2) is 18.3 Å². The van der Waals surface area contributed by atoms with Gasteiger partial charge < -0.3 is 15.2 Å². The lowest BCUT2D eigenvalue weighted by molar-refractivity contribution is 0.109. The Kier molecular flexibility index (Phi) is 4.86. The number of carbonyl (C=O) groups excluding carboxylic acids is 2. The molecule has 0 aliphatic heterocycles. The van der Waals surface area contributed by atoms with E-state index < -0.39 is 0 Å². The van der Waals surface area contributed by atoms with E-state index in [1.807, 2.05) is 0 Å². The maximum Gasteiger partial charge on any atom is 0.220 e. The molecule has 0 saturated heterocycles. The number of hydrogen-bond acceptors (Lipinski definition) is 6. The molecule has 0 radical (unpaired) electrons. The van der Waals surface area contributed by atoms with Crippen molar-refractivity contribution < 1.29 is 19.1 Å². The summed E-state index contributed by atoms with van der Waals surface area (Å²) in [7, 11) is 2.88. The normalized spacial score (nSPS) is 15.3. The van der Waals surface area contributed by atoms with Crippen molar-refractivity contribution in [3.05, 3.63) is 56.7 Å². The zero-order valence-corrected chi connectivity index (χ0v) is 14.6. The minimum Gasteiger partial charge on any atom is -0.495 e. The Morgan fingerprint density at radius 1 is 1.12 bits per heavy atom. The lowest BCUT2D eigenvalue weighted by atomic mass is 9.92. The number of aryl methyl sites for hydroxylation is 1. The molecule has 0 amide bonds. The molecule has 6 heteroatoms. The molecule has 0 spiro atoms. The van der Waals surface area contributed by atoms with E-state index in [0.29, 0.717) is 42.3 Å². The summed E-state index contributed by atoms with van der Waals surface area (Å²) in [5.74, 6) is 0.511. The Labute approximate surface area is 150 Å². The van der Waals surface area contributed by atoms with Crippen LogP contribution in [-0.2, 0) is 6.42 Å². The zero-order valence-electron chi connectivity index (χ0n) is 14.6. The average molecular weight is 353 g/mol. The van der Waals surface area contributed by atoms with E-state index in [4.69, 9.17) is 15.2 Å².